The summed E-state index contributed by atoms with van der Waals surface area (Å²) < 4.78 is 14.2. The Bertz CT molecular complexity index is 1070. The molecule has 0 radical (unpaired) electrons. The van der Waals surface area contributed by atoms with Gasteiger partial charge in [-0.15, -0.1) is 0 Å². The van der Waals surface area contributed by atoms with Gasteiger partial charge in [-0.05, 0) is 36.4 Å². The van der Waals surface area contributed by atoms with Crippen LogP contribution in [0, 0.1) is 0 Å². The SMILES string of the molecule is O=C=S(=O)(c1cccc(Cl)c1)n1ccc(NC(=O)c2ccccn2)c1. The second-order valence-electron chi connectivity index (χ2n) is 5.00. The number of carbonyl (C=O) groups is 1. The van der Waals surface area contributed by atoms with E-state index in [0.29, 0.717) is 10.7 Å². The third-order valence-corrected chi connectivity index (χ3v) is 5.52. The van der Waals surface area contributed by atoms with Crippen molar-refractivity contribution in [1.82, 2.24) is 8.96 Å². The average Bonchev–Trinajstić information content (AvgIpc) is 3.10. The zero-order valence-corrected chi connectivity index (χ0v) is 14.3. The molecule has 8 heteroatoms. The van der Waals surface area contributed by atoms with Gasteiger partial charge in [-0.2, -0.15) is 0 Å². The quantitative estimate of drug-likeness (QED) is 0.713. The first-order valence-corrected chi connectivity index (χ1v) is 9.02. The second-order valence-corrected chi connectivity index (χ2v) is 7.54. The highest BCUT2D eigenvalue weighted by atomic mass is 35.5. The molecule has 0 saturated carbocycles. The fourth-order valence-corrected chi connectivity index (χ4v) is 3.88. The Morgan fingerprint density at radius 3 is 2.72 bits per heavy atom. The molecular weight excluding hydrogens is 362 g/mol. The number of aromatic nitrogens is 2. The van der Waals surface area contributed by atoms with Gasteiger partial charge in [0.1, 0.15) is 5.69 Å². The Kier molecular flexibility index (Phi) is 4.72. The van der Waals surface area contributed by atoms with Crippen LogP contribution in [0.3, 0.4) is 0 Å². The molecule has 0 saturated heterocycles. The summed E-state index contributed by atoms with van der Waals surface area (Å²) in [5, 5.41) is 4.59. The summed E-state index contributed by atoms with van der Waals surface area (Å²) in [5.41, 5.74) is 0.619. The number of amides is 1. The normalized spacial score (nSPS) is 12.8. The molecule has 6 nitrogen and oxygen atoms in total. The molecule has 2 aromatic heterocycles. The molecule has 2 heterocycles. The van der Waals surface area contributed by atoms with Gasteiger partial charge >= 0.3 is 0 Å². The number of benzene rings is 1. The maximum atomic E-state index is 13.0. The van der Waals surface area contributed by atoms with Gasteiger partial charge in [-0.25, -0.2) is 9.00 Å². The fraction of sp³-hybridized carbons (Fsp3) is 0. The molecule has 0 aliphatic heterocycles. The molecule has 0 aliphatic carbocycles. The highest BCUT2D eigenvalue weighted by molar-refractivity contribution is 7.99. The first-order chi connectivity index (χ1) is 12.0. The van der Waals surface area contributed by atoms with Gasteiger partial charge in [0.25, 0.3) is 5.91 Å². The summed E-state index contributed by atoms with van der Waals surface area (Å²) in [5.74, 6) is -0.414. The van der Waals surface area contributed by atoms with E-state index in [1.165, 1.54) is 40.8 Å². The van der Waals surface area contributed by atoms with Crippen molar-refractivity contribution in [2.75, 3.05) is 5.32 Å². The number of nitrogens with zero attached hydrogens (tertiary/aromatic N) is 2. The van der Waals surface area contributed by atoms with Crippen molar-refractivity contribution in [1.29, 1.82) is 0 Å². The summed E-state index contributed by atoms with van der Waals surface area (Å²) in [6.45, 7) is 0. The van der Waals surface area contributed by atoms with Gasteiger partial charge in [0, 0.05) is 23.6 Å². The van der Waals surface area contributed by atoms with E-state index in [9.17, 15) is 13.8 Å². The summed E-state index contributed by atoms with van der Waals surface area (Å²) in [7, 11) is -3.33. The van der Waals surface area contributed by atoms with Gasteiger partial charge in [0.15, 0.2) is 9.71 Å². The smallest absolute Gasteiger partial charge is 0.274 e. The molecule has 126 valence electrons. The summed E-state index contributed by atoms with van der Waals surface area (Å²) in [6, 6.07) is 12.7. The third kappa shape index (κ3) is 3.49. The first kappa shape index (κ1) is 17.0. The van der Waals surface area contributed by atoms with E-state index in [1.807, 2.05) is 0 Å². The van der Waals surface area contributed by atoms with Gasteiger partial charge in [0.2, 0.25) is 5.23 Å². The topological polar surface area (TPSA) is 81.1 Å². The maximum Gasteiger partial charge on any atom is 0.274 e. The Morgan fingerprint density at radius 1 is 1.20 bits per heavy atom. The minimum atomic E-state index is -3.33. The lowest BCUT2D eigenvalue weighted by Gasteiger charge is -2.09. The standard InChI is InChI=1S/C17H12ClN3O3S/c18-13-4-3-5-15(10-13)25(24,12-22)21-9-7-14(11-21)20-17(23)16-6-1-2-8-19-16/h1-11H,(H,20,23). The number of nitrogens with one attached hydrogen (secondary N) is 1. The van der Waals surface area contributed by atoms with E-state index >= 15 is 0 Å². The molecule has 0 fully saturated rings. The van der Waals surface area contributed by atoms with Crippen LogP contribution in [-0.4, -0.2) is 24.3 Å². The van der Waals surface area contributed by atoms with Crippen LogP contribution in [0.5, 0.6) is 0 Å². The van der Waals surface area contributed by atoms with Crippen LogP contribution in [-0.2, 0) is 14.5 Å². The van der Waals surface area contributed by atoms with Crippen LogP contribution < -0.4 is 5.32 Å². The van der Waals surface area contributed by atoms with Gasteiger partial charge in [0.05, 0.1) is 10.6 Å². The van der Waals surface area contributed by atoms with Crippen molar-refractivity contribution in [2.24, 2.45) is 0 Å². The molecule has 25 heavy (non-hydrogen) atoms. The minimum Gasteiger partial charge on any atom is -0.319 e. The van der Waals surface area contributed by atoms with Crippen LogP contribution in [0.15, 0.2) is 72.0 Å². The predicted octanol–water partition coefficient (Wildman–Crippen LogP) is 2.96. The number of hydrogen-bond donors (Lipinski definition) is 1. The first-order valence-electron chi connectivity index (χ1n) is 7.12. The Hall–Kier alpha value is -2.86. The lowest BCUT2D eigenvalue weighted by Crippen LogP contribution is -2.14. The van der Waals surface area contributed by atoms with Crippen molar-refractivity contribution >= 4 is 38.1 Å². The van der Waals surface area contributed by atoms with Gasteiger partial charge in [-0.3, -0.25) is 13.8 Å². The molecule has 1 atom stereocenters. The molecule has 0 spiro atoms. The number of rotatable bonds is 4. The average molecular weight is 374 g/mol. The molecule has 0 bridgehead atoms. The number of halogens is 1. The Morgan fingerprint density at radius 2 is 2.04 bits per heavy atom. The van der Waals surface area contributed by atoms with Crippen LogP contribution in [0.1, 0.15) is 10.5 Å². The van der Waals surface area contributed by atoms with Crippen molar-refractivity contribution in [3.05, 3.63) is 77.8 Å². The Balaban J connectivity index is 1.91. The number of carbonyl (C=O) groups excluding carboxylic acids is 2. The molecular formula is C17H12ClN3O3S. The molecule has 3 aromatic rings. The monoisotopic (exact) mass is 373 g/mol. The van der Waals surface area contributed by atoms with Gasteiger partial charge < -0.3 is 5.32 Å². The predicted molar refractivity (Wildman–Crippen MR) is 95.6 cm³/mol. The van der Waals surface area contributed by atoms with E-state index in [2.05, 4.69) is 10.3 Å². The summed E-state index contributed by atoms with van der Waals surface area (Å²) >= 11 is 5.91. The van der Waals surface area contributed by atoms with E-state index in [-0.39, 0.29) is 10.6 Å². The lowest BCUT2D eigenvalue weighted by molar-refractivity contribution is 0.102. The zero-order chi connectivity index (χ0) is 17.9. The maximum absolute atomic E-state index is 13.0. The highest BCUT2D eigenvalue weighted by Gasteiger charge is 2.16. The molecule has 1 unspecified atom stereocenters. The second kappa shape index (κ2) is 6.94. The minimum absolute atomic E-state index is 0.230. The zero-order valence-electron chi connectivity index (χ0n) is 12.8. The third-order valence-electron chi connectivity index (χ3n) is 3.35. The number of pyridine rings is 1. The number of anilines is 1. The molecule has 0 aliphatic rings. The summed E-state index contributed by atoms with van der Waals surface area (Å²) in [6.07, 6.45) is 4.34. The molecule has 1 aromatic carbocycles. The van der Waals surface area contributed by atoms with Gasteiger partial charge in [-0.1, -0.05) is 23.7 Å². The van der Waals surface area contributed by atoms with Crippen molar-refractivity contribution < 1.29 is 13.8 Å². The van der Waals surface area contributed by atoms with Crippen molar-refractivity contribution in [2.45, 2.75) is 4.90 Å². The summed E-state index contributed by atoms with van der Waals surface area (Å²) in [4.78, 5) is 27.7. The van der Waals surface area contributed by atoms with E-state index in [1.54, 1.807) is 35.6 Å². The highest BCUT2D eigenvalue weighted by Crippen LogP contribution is 2.21. The van der Waals surface area contributed by atoms with Crippen LogP contribution in [0.25, 0.3) is 0 Å². The number of hydrogen-bond acceptors (Lipinski definition) is 4. The fourth-order valence-electron chi connectivity index (χ4n) is 2.15. The van der Waals surface area contributed by atoms with Crippen LogP contribution in [0.4, 0.5) is 5.69 Å². The van der Waals surface area contributed by atoms with Crippen LogP contribution in [0.2, 0.25) is 5.02 Å². The lowest BCUT2D eigenvalue weighted by atomic mass is 10.3. The molecule has 1 N–H and O–H groups in total. The largest absolute Gasteiger partial charge is 0.319 e. The van der Waals surface area contributed by atoms with Crippen molar-refractivity contribution in [3.8, 4) is 0 Å². The van der Waals surface area contributed by atoms with E-state index in [0.717, 1.165) is 0 Å². The van der Waals surface area contributed by atoms with Crippen molar-refractivity contribution in [3.63, 3.8) is 0 Å². The molecule has 3 rings (SSSR count). The van der Waals surface area contributed by atoms with E-state index in [4.69, 9.17) is 11.6 Å². The molecule has 1 amide bonds. The van der Waals surface area contributed by atoms with Crippen LogP contribution >= 0.6 is 11.6 Å². The Labute approximate surface area is 149 Å². The van der Waals surface area contributed by atoms with E-state index < -0.39 is 15.6 Å².